The molecule has 0 heterocycles. The highest BCUT2D eigenvalue weighted by atomic mass is 32.1. The van der Waals surface area contributed by atoms with Crippen LogP contribution < -0.4 is 10.7 Å². The Morgan fingerprint density at radius 3 is 2.42 bits per heavy atom. The Kier molecular flexibility index (Phi) is 4.47. The summed E-state index contributed by atoms with van der Waals surface area (Å²) in [7, 11) is 0. The Morgan fingerprint density at radius 2 is 1.74 bits per heavy atom. The van der Waals surface area contributed by atoms with E-state index in [0.717, 1.165) is 11.3 Å². The van der Waals surface area contributed by atoms with E-state index in [0.29, 0.717) is 5.11 Å². The zero-order chi connectivity index (χ0) is 13.5. The molecule has 19 heavy (non-hydrogen) atoms. The van der Waals surface area contributed by atoms with Crippen LogP contribution in [-0.4, -0.2) is 16.4 Å². The number of phenols is 1. The third-order valence-electron chi connectivity index (χ3n) is 2.30. The number of rotatable bonds is 3. The van der Waals surface area contributed by atoms with E-state index in [-0.39, 0.29) is 5.75 Å². The smallest absolute Gasteiger partial charge is 0.191 e. The minimum Gasteiger partial charge on any atom is -0.508 e. The van der Waals surface area contributed by atoms with Gasteiger partial charge in [0, 0.05) is 5.69 Å². The molecule has 0 radical (unpaired) electrons. The van der Waals surface area contributed by atoms with Gasteiger partial charge in [-0.1, -0.05) is 18.2 Å². The number of nitrogens with one attached hydrogen (secondary N) is 2. The van der Waals surface area contributed by atoms with Crippen LogP contribution in [0.4, 0.5) is 5.69 Å². The summed E-state index contributed by atoms with van der Waals surface area (Å²) in [5.41, 5.74) is 4.49. The molecule has 0 unspecified atom stereocenters. The lowest BCUT2D eigenvalue weighted by molar-refractivity contribution is 0.475. The fourth-order valence-electron chi connectivity index (χ4n) is 1.41. The summed E-state index contributed by atoms with van der Waals surface area (Å²) in [6, 6.07) is 16.3. The number of thiocarbonyl (C=S) groups is 1. The summed E-state index contributed by atoms with van der Waals surface area (Å²) < 4.78 is 0. The molecular weight excluding hydrogens is 258 g/mol. The Bertz CT molecular complexity index is 567. The van der Waals surface area contributed by atoms with Crippen LogP contribution in [0.25, 0.3) is 0 Å². The molecular formula is C14H13N3OS. The minimum absolute atomic E-state index is 0.228. The summed E-state index contributed by atoms with van der Waals surface area (Å²) in [5, 5.41) is 16.6. The van der Waals surface area contributed by atoms with Crippen molar-refractivity contribution in [3.8, 4) is 5.75 Å². The van der Waals surface area contributed by atoms with Crippen molar-refractivity contribution < 1.29 is 5.11 Å². The number of hydrogen-bond acceptors (Lipinski definition) is 3. The molecule has 0 saturated heterocycles. The van der Waals surface area contributed by atoms with Gasteiger partial charge in [0.1, 0.15) is 5.75 Å². The predicted octanol–water partition coefficient (Wildman–Crippen LogP) is 2.71. The van der Waals surface area contributed by atoms with Crippen molar-refractivity contribution in [3.63, 3.8) is 0 Å². The number of benzene rings is 2. The monoisotopic (exact) mass is 271 g/mol. The number of hydrogen-bond donors (Lipinski definition) is 3. The molecule has 0 bridgehead atoms. The number of anilines is 1. The molecule has 5 heteroatoms. The maximum atomic E-state index is 9.14. The highest BCUT2D eigenvalue weighted by Crippen LogP contribution is 2.07. The SMILES string of the molecule is Oc1ccc(C=NNC(=S)Nc2ccccc2)cc1. The summed E-state index contributed by atoms with van der Waals surface area (Å²) >= 11 is 5.10. The molecule has 2 aromatic carbocycles. The molecule has 96 valence electrons. The minimum atomic E-state index is 0.228. The maximum Gasteiger partial charge on any atom is 0.191 e. The van der Waals surface area contributed by atoms with Crippen LogP contribution in [0.3, 0.4) is 0 Å². The van der Waals surface area contributed by atoms with Crippen LogP contribution in [0.15, 0.2) is 59.7 Å². The standard InChI is InChI=1S/C14H13N3OS/c18-13-8-6-11(7-9-13)10-15-17-14(19)16-12-4-2-1-3-5-12/h1-10,18H,(H2,16,17,19). The van der Waals surface area contributed by atoms with E-state index < -0.39 is 0 Å². The molecule has 2 rings (SSSR count). The number of phenolic OH excluding ortho intramolecular Hbond substituents is 1. The average Bonchev–Trinajstić information content (AvgIpc) is 2.42. The topological polar surface area (TPSA) is 56.7 Å². The van der Waals surface area contributed by atoms with Gasteiger partial charge >= 0.3 is 0 Å². The van der Waals surface area contributed by atoms with Crippen molar-refractivity contribution in [2.75, 3.05) is 5.32 Å². The van der Waals surface area contributed by atoms with E-state index in [2.05, 4.69) is 15.8 Å². The van der Waals surface area contributed by atoms with Gasteiger partial charge in [0.25, 0.3) is 0 Å². The largest absolute Gasteiger partial charge is 0.508 e. The quantitative estimate of drug-likeness (QED) is 0.456. The van der Waals surface area contributed by atoms with Crippen LogP contribution in [0.5, 0.6) is 5.75 Å². The highest BCUT2D eigenvalue weighted by Gasteiger charge is 1.94. The van der Waals surface area contributed by atoms with Crippen molar-refractivity contribution in [1.29, 1.82) is 0 Å². The average molecular weight is 271 g/mol. The lowest BCUT2D eigenvalue weighted by Gasteiger charge is -2.06. The van der Waals surface area contributed by atoms with Crippen LogP contribution in [0.2, 0.25) is 0 Å². The molecule has 0 fully saturated rings. The predicted molar refractivity (Wildman–Crippen MR) is 81.5 cm³/mol. The van der Waals surface area contributed by atoms with Gasteiger partial charge in [0.15, 0.2) is 5.11 Å². The van der Waals surface area contributed by atoms with E-state index in [1.807, 2.05) is 30.3 Å². The van der Waals surface area contributed by atoms with Crippen molar-refractivity contribution in [3.05, 3.63) is 60.2 Å². The molecule has 0 aliphatic rings. The van der Waals surface area contributed by atoms with E-state index >= 15 is 0 Å². The molecule has 0 aliphatic carbocycles. The van der Waals surface area contributed by atoms with Gasteiger partial charge in [0.2, 0.25) is 0 Å². The highest BCUT2D eigenvalue weighted by molar-refractivity contribution is 7.80. The number of hydrazone groups is 1. The fraction of sp³-hybridized carbons (Fsp3) is 0. The van der Waals surface area contributed by atoms with Gasteiger partial charge in [0.05, 0.1) is 6.21 Å². The second-order valence-electron chi connectivity index (χ2n) is 3.78. The Balaban J connectivity index is 1.85. The third kappa shape index (κ3) is 4.40. The van der Waals surface area contributed by atoms with E-state index in [1.165, 1.54) is 0 Å². The van der Waals surface area contributed by atoms with Crippen LogP contribution in [0, 0.1) is 0 Å². The van der Waals surface area contributed by atoms with Crippen LogP contribution in [0.1, 0.15) is 5.56 Å². The first-order valence-electron chi connectivity index (χ1n) is 5.68. The molecule has 0 spiro atoms. The van der Waals surface area contributed by atoms with E-state index in [9.17, 15) is 0 Å². The lowest BCUT2D eigenvalue weighted by Crippen LogP contribution is -2.23. The van der Waals surface area contributed by atoms with Gasteiger partial charge in [-0.05, 0) is 54.2 Å². The first-order chi connectivity index (χ1) is 9.24. The van der Waals surface area contributed by atoms with E-state index in [1.54, 1.807) is 30.5 Å². The van der Waals surface area contributed by atoms with Gasteiger partial charge < -0.3 is 10.4 Å². The molecule has 0 aliphatic heterocycles. The van der Waals surface area contributed by atoms with Crippen molar-refractivity contribution >= 4 is 29.2 Å². The molecule has 0 saturated carbocycles. The Morgan fingerprint density at radius 1 is 1.05 bits per heavy atom. The number of nitrogens with zero attached hydrogens (tertiary/aromatic N) is 1. The summed E-state index contributed by atoms with van der Waals surface area (Å²) in [4.78, 5) is 0. The number of aromatic hydroxyl groups is 1. The van der Waals surface area contributed by atoms with Gasteiger partial charge in [-0.15, -0.1) is 0 Å². The summed E-state index contributed by atoms with van der Waals surface area (Å²) in [5.74, 6) is 0.228. The normalized spacial score (nSPS) is 10.3. The van der Waals surface area contributed by atoms with Crippen molar-refractivity contribution in [1.82, 2.24) is 5.43 Å². The number of para-hydroxylation sites is 1. The zero-order valence-electron chi connectivity index (χ0n) is 10.1. The van der Waals surface area contributed by atoms with E-state index in [4.69, 9.17) is 17.3 Å². The summed E-state index contributed by atoms with van der Waals surface area (Å²) in [6.07, 6.45) is 1.62. The van der Waals surface area contributed by atoms with Crippen molar-refractivity contribution in [2.24, 2.45) is 5.10 Å². The first kappa shape index (κ1) is 13.0. The molecule has 0 amide bonds. The molecule has 0 atom stereocenters. The third-order valence-corrected chi connectivity index (χ3v) is 2.50. The molecule has 4 nitrogen and oxygen atoms in total. The van der Waals surface area contributed by atoms with Crippen LogP contribution in [-0.2, 0) is 0 Å². The van der Waals surface area contributed by atoms with Gasteiger partial charge in [-0.25, -0.2) is 0 Å². The molecule has 0 aromatic heterocycles. The second-order valence-corrected chi connectivity index (χ2v) is 4.19. The van der Waals surface area contributed by atoms with Gasteiger partial charge in [-0.2, -0.15) is 5.10 Å². The molecule has 2 aromatic rings. The van der Waals surface area contributed by atoms with Crippen molar-refractivity contribution in [2.45, 2.75) is 0 Å². The van der Waals surface area contributed by atoms with Gasteiger partial charge in [-0.3, -0.25) is 5.43 Å². The maximum absolute atomic E-state index is 9.14. The lowest BCUT2D eigenvalue weighted by atomic mass is 10.2. The zero-order valence-corrected chi connectivity index (χ0v) is 10.9. The Labute approximate surface area is 116 Å². The first-order valence-corrected chi connectivity index (χ1v) is 6.09. The Hall–Kier alpha value is -2.40. The molecule has 3 N–H and O–H groups in total. The second kappa shape index (κ2) is 6.51. The van der Waals surface area contributed by atoms with Crippen LogP contribution >= 0.6 is 12.2 Å². The fourth-order valence-corrected chi connectivity index (χ4v) is 1.58. The summed E-state index contributed by atoms with van der Waals surface area (Å²) in [6.45, 7) is 0.